The van der Waals surface area contributed by atoms with Crippen molar-refractivity contribution in [1.29, 1.82) is 0 Å². The highest BCUT2D eigenvalue weighted by molar-refractivity contribution is 6.32. The Balaban J connectivity index is 2.71. The maximum Gasteiger partial charge on any atom is 0.417 e. The molecule has 10 heteroatoms. The highest BCUT2D eigenvalue weighted by atomic mass is 35.5. The standard InChI is InChI=1S/C16H17ClF4O5/c1-6-9(13(14(22)23)26-15(6,2)16(19,20)21)7-5-8(17)12(25-4)10(18)11(7)24-3/h5-6,9,13H,1-4H3,(H,22,23)/t6?,9?,13-,15?/m1/s1. The normalized spacial score (nSPS) is 28.9. The lowest BCUT2D eigenvalue weighted by atomic mass is 9.77. The fraction of sp³-hybridized carbons (Fsp3) is 0.562. The summed E-state index contributed by atoms with van der Waals surface area (Å²) in [6.45, 7) is 1.96. The molecule has 1 aromatic rings. The molecule has 0 radical (unpaired) electrons. The van der Waals surface area contributed by atoms with Crippen LogP contribution in [0.3, 0.4) is 0 Å². The Labute approximate surface area is 151 Å². The number of alkyl halides is 3. The summed E-state index contributed by atoms with van der Waals surface area (Å²) in [5.74, 6) is -6.15. The van der Waals surface area contributed by atoms with Gasteiger partial charge in [0, 0.05) is 17.4 Å². The Morgan fingerprint density at radius 2 is 1.85 bits per heavy atom. The van der Waals surface area contributed by atoms with Gasteiger partial charge in [-0.1, -0.05) is 18.5 Å². The molecule has 0 aliphatic carbocycles. The van der Waals surface area contributed by atoms with Gasteiger partial charge in [0.25, 0.3) is 0 Å². The Kier molecular flexibility index (Phi) is 5.36. The van der Waals surface area contributed by atoms with Crippen molar-refractivity contribution in [2.24, 2.45) is 5.92 Å². The van der Waals surface area contributed by atoms with Crippen molar-refractivity contribution in [3.05, 3.63) is 22.5 Å². The van der Waals surface area contributed by atoms with Crippen LogP contribution >= 0.6 is 11.6 Å². The molecule has 26 heavy (non-hydrogen) atoms. The first-order valence-electron chi connectivity index (χ1n) is 7.47. The molecule has 1 saturated heterocycles. The first-order valence-corrected chi connectivity index (χ1v) is 7.85. The van der Waals surface area contributed by atoms with Gasteiger partial charge in [-0.05, 0) is 13.0 Å². The lowest BCUT2D eigenvalue weighted by Gasteiger charge is -2.32. The number of carboxylic acids is 1. The second-order valence-electron chi connectivity index (χ2n) is 6.12. The van der Waals surface area contributed by atoms with Crippen LogP contribution in [0.4, 0.5) is 17.6 Å². The average Bonchev–Trinajstić information content (AvgIpc) is 2.80. The summed E-state index contributed by atoms with van der Waals surface area (Å²) in [7, 11) is 2.26. The molecule has 0 amide bonds. The first-order chi connectivity index (χ1) is 11.9. The number of carbonyl (C=O) groups is 1. The van der Waals surface area contributed by atoms with Crippen molar-refractivity contribution < 1.29 is 41.7 Å². The van der Waals surface area contributed by atoms with Crippen LogP contribution in [0.15, 0.2) is 6.07 Å². The van der Waals surface area contributed by atoms with E-state index in [0.29, 0.717) is 0 Å². The number of halogens is 5. The van der Waals surface area contributed by atoms with Crippen molar-refractivity contribution in [3.8, 4) is 11.5 Å². The molecule has 0 bridgehead atoms. The predicted octanol–water partition coefficient (Wildman–Crippen LogP) is 4.02. The van der Waals surface area contributed by atoms with Gasteiger partial charge in [0.05, 0.1) is 19.2 Å². The summed E-state index contributed by atoms with van der Waals surface area (Å²) in [6.07, 6.45) is -6.70. The Morgan fingerprint density at radius 3 is 2.27 bits per heavy atom. The van der Waals surface area contributed by atoms with E-state index in [1.54, 1.807) is 0 Å². The van der Waals surface area contributed by atoms with E-state index in [2.05, 4.69) is 0 Å². The number of aliphatic carboxylic acids is 1. The summed E-state index contributed by atoms with van der Waals surface area (Å²) in [5.41, 5.74) is -2.88. The van der Waals surface area contributed by atoms with Gasteiger partial charge >= 0.3 is 12.1 Å². The molecule has 4 atom stereocenters. The van der Waals surface area contributed by atoms with Crippen molar-refractivity contribution in [2.75, 3.05) is 14.2 Å². The van der Waals surface area contributed by atoms with Gasteiger partial charge in [0.15, 0.2) is 23.2 Å². The summed E-state index contributed by atoms with van der Waals surface area (Å²) in [4.78, 5) is 11.6. The van der Waals surface area contributed by atoms with E-state index >= 15 is 0 Å². The number of carboxylic acid groups (broad SMARTS) is 1. The molecule has 3 unspecified atom stereocenters. The lowest BCUT2D eigenvalue weighted by molar-refractivity contribution is -0.273. The van der Waals surface area contributed by atoms with Crippen LogP contribution in [-0.2, 0) is 9.53 Å². The fourth-order valence-corrected chi connectivity index (χ4v) is 3.53. The zero-order valence-corrected chi connectivity index (χ0v) is 15.0. The smallest absolute Gasteiger partial charge is 0.417 e. The molecular formula is C16H17ClF4O5. The van der Waals surface area contributed by atoms with Crippen molar-refractivity contribution in [2.45, 2.75) is 37.6 Å². The van der Waals surface area contributed by atoms with Crippen LogP contribution in [0, 0.1) is 11.7 Å². The van der Waals surface area contributed by atoms with Crippen molar-refractivity contribution in [3.63, 3.8) is 0 Å². The molecule has 146 valence electrons. The largest absolute Gasteiger partial charge is 0.493 e. The minimum absolute atomic E-state index is 0.135. The van der Waals surface area contributed by atoms with E-state index < -0.39 is 47.3 Å². The summed E-state index contributed by atoms with van der Waals surface area (Å²) < 4.78 is 69.8. The van der Waals surface area contributed by atoms with E-state index in [9.17, 15) is 27.5 Å². The predicted molar refractivity (Wildman–Crippen MR) is 83.4 cm³/mol. The third-order valence-corrected chi connectivity index (χ3v) is 5.12. The Bertz CT molecular complexity index is 724. The van der Waals surface area contributed by atoms with E-state index in [0.717, 1.165) is 27.2 Å². The Hall–Kier alpha value is -1.74. The molecule has 5 nitrogen and oxygen atoms in total. The second-order valence-corrected chi connectivity index (χ2v) is 6.53. The highest BCUT2D eigenvalue weighted by Crippen LogP contribution is 2.55. The molecule has 2 rings (SSSR count). The van der Waals surface area contributed by atoms with Crippen LogP contribution in [0.2, 0.25) is 5.02 Å². The van der Waals surface area contributed by atoms with Gasteiger partial charge in [-0.3, -0.25) is 0 Å². The minimum atomic E-state index is -4.84. The van der Waals surface area contributed by atoms with E-state index in [1.165, 1.54) is 6.92 Å². The van der Waals surface area contributed by atoms with Gasteiger partial charge in [0.1, 0.15) is 0 Å². The lowest BCUT2D eigenvalue weighted by Crippen LogP contribution is -2.47. The van der Waals surface area contributed by atoms with Crippen LogP contribution in [0.25, 0.3) is 0 Å². The number of ether oxygens (including phenoxy) is 3. The van der Waals surface area contributed by atoms with Crippen LogP contribution in [-0.4, -0.2) is 43.2 Å². The molecule has 1 aliphatic rings. The Morgan fingerprint density at radius 1 is 1.31 bits per heavy atom. The molecule has 1 aromatic carbocycles. The zero-order valence-electron chi connectivity index (χ0n) is 14.3. The monoisotopic (exact) mass is 400 g/mol. The third-order valence-electron chi connectivity index (χ3n) is 4.84. The topological polar surface area (TPSA) is 65.0 Å². The number of benzene rings is 1. The van der Waals surface area contributed by atoms with Crippen molar-refractivity contribution >= 4 is 17.6 Å². The van der Waals surface area contributed by atoms with E-state index in [4.69, 9.17) is 25.8 Å². The van der Waals surface area contributed by atoms with Gasteiger partial charge < -0.3 is 19.3 Å². The molecule has 0 aromatic heterocycles. The molecule has 1 aliphatic heterocycles. The molecule has 1 fully saturated rings. The van der Waals surface area contributed by atoms with Crippen molar-refractivity contribution in [1.82, 2.24) is 0 Å². The fourth-order valence-electron chi connectivity index (χ4n) is 3.26. The van der Waals surface area contributed by atoms with Crippen LogP contribution in [0.1, 0.15) is 25.3 Å². The molecule has 1 N–H and O–H groups in total. The molecule has 1 heterocycles. The number of hydrogen-bond acceptors (Lipinski definition) is 4. The van der Waals surface area contributed by atoms with Crippen LogP contribution < -0.4 is 9.47 Å². The van der Waals surface area contributed by atoms with E-state index in [-0.39, 0.29) is 16.3 Å². The number of rotatable bonds is 4. The SMILES string of the molecule is COc1c(Cl)cc(C2C(C)C(C)(C(F)(F)F)O[C@H]2C(=O)O)c(OC)c1F. The second kappa shape index (κ2) is 6.77. The summed E-state index contributed by atoms with van der Waals surface area (Å²) in [6, 6.07) is 1.14. The molecule has 0 spiro atoms. The maximum absolute atomic E-state index is 14.6. The van der Waals surface area contributed by atoms with Gasteiger partial charge in [0.2, 0.25) is 5.82 Å². The maximum atomic E-state index is 14.6. The van der Waals surface area contributed by atoms with Crippen LogP contribution in [0.5, 0.6) is 11.5 Å². The average molecular weight is 401 g/mol. The van der Waals surface area contributed by atoms with Gasteiger partial charge in [-0.2, -0.15) is 17.6 Å². The third kappa shape index (κ3) is 2.96. The minimum Gasteiger partial charge on any atom is -0.493 e. The van der Waals surface area contributed by atoms with Gasteiger partial charge in [-0.25, -0.2) is 4.79 Å². The molecule has 0 saturated carbocycles. The summed E-state index contributed by atoms with van der Waals surface area (Å²) in [5, 5.41) is 9.15. The van der Waals surface area contributed by atoms with Gasteiger partial charge in [-0.15, -0.1) is 0 Å². The van der Waals surface area contributed by atoms with E-state index in [1.807, 2.05) is 0 Å². The molecular weight excluding hydrogens is 384 g/mol. The first kappa shape index (κ1) is 20.6. The number of hydrogen-bond donors (Lipinski definition) is 1. The zero-order chi connectivity index (χ0) is 20.0. The number of methoxy groups -OCH3 is 2. The highest BCUT2D eigenvalue weighted by Gasteiger charge is 2.66. The quantitative estimate of drug-likeness (QED) is 0.773. The summed E-state index contributed by atoms with van der Waals surface area (Å²) >= 11 is 5.95.